The number of rotatable bonds is 2. The number of aliphatic carboxylic acids is 1. The molecule has 5 nitrogen and oxygen atoms in total. The predicted molar refractivity (Wildman–Crippen MR) is 77.5 cm³/mol. The van der Waals surface area contributed by atoms with Crippen molar-refractivity contribution >= 4 is 17.7 Å². The maximum absolute atomic E-state index is 13.2. The van der Waals surface area contributed by atoms with E-state index in [9.17, 15) is 19.5 Å². The lowest BCUT2D eigenvalue weighted by Gasteiger charge is -2.43. The summed E-state index contributed by atoms with van der Waals surface area (Å²) in [5.41, 5.74) is -1.44. The minimum absolute atomic E-state index is 0.0157. The molecule has 1 heterocycles. The van der Waals surface area contributed by atoms with E-state index >= 15 is 0 Å². The lowest BCUT2D eigenvalue weighted by Crippen LogP contribution is -2.53. The van der Waals surface area contributed by atoms with Gasteiger partial charge < -0.3 is 14.8 Å². The number of amides is 1. The van der Waals surface area contributed by atoms with Gasteiger partial charge in [0.05, 0.1) is 5.41 Å². The highest BCUT2D eigenvalue weighted by atomic mass is 16.4. The minimum atomic E-state index is -1.08. The maximum atomic E-state index is 13.2. The first-order valence-electron chi connectivity index (χ1n) is 8.19. The predicted octanol–water partition coefficient (Wildman–Crippen LogP) is 0.760. The number of hydrogen-bond donors (Lipinski definition) is 0. The molecule has 5 heteroatoms. The van der Waals surface area contributed by atoms with Crippen molar-refractivity contribution in [3.63, 3.8) is 0 Å². The maximum Gasteiger partial charge on any atom is 0.229 e. The Kier molecular flexibility index (Phi) is 3.21. The molecule has 122 valence electrons. The summed E-state index contributed by atoms with van der Waals surface area (Å²) in [6.45, 7) is 6.86. The Morgan fingerprint density at radius 1 is 1.23 bits per heavy atom. The van der Waals surface area contributed by atoms with Crippen LogP contribution in [0.3, 0.4) is 0 Å². The van der Waals surface area contributed by atoms with Crippen LogP contribution in [0, 0.1) is 22.2 Å². The molecule has 3 aliphatic rings. The molecule has 1 amide bonds. The van der Waals surface area contributed by atoms with E-state index in [1.165, 1.54) is 0 Å². The van der Waals surface area contributed by atoms with Crippen LogP contribution >= 0.6 is 0 Å². The molecule has 2 aliphatic carbocycles. The Bertz CT molecular complexity index is 555. The number of fused-ring (bicyclic) bond motifs is 2. The monoisotopic (exact) mass is 306 g/mol. The molecule has 3 rings (SSSR count). The first kappa shape index (κ1) is 15.5. The Hall–Kier alpha value is -1.39. The van der Waals surface area contributed by atoms with E-state index in [-0.39, 0.29) is 23.7 Å². The number of nitrogens with zero attached hydrogens (tertiary/aromatic N) is 1. The summed E-state index contributed by atoms with van der Waals surface area (Å²) in [5.74, 6) is -1.49. The van der Waals surface area contributed by atoms with E-state index in [2.05, 4.69) is 0 Å². The Morgan fingerprint density at radius 2 is 1.91 bits per heavy atom. The normalized spacial score (nSPS) is 40.0. The van der Waals surface area contributed by atoms with Gasteiger partial charge in [0.25, 0.3) is 0 Å². The average Bonchev–Trinajstić information content (AvgIpc) is 2.77. The van der Waals surface area contributed by atoms with Gasteiger partial charge in [-0.3, -0.25) is 9.59 Å². The third-order valence-electron chi connectivity index (χ3n) is 7.16. The van der Waals surface area contributed by atoms with Gasteiger partial charge in [-0.1, -0.05) is 20.8 Å². The van der Waals surface area contributed by atoms with Crippen LogP contribution in [0.1, 0.15) is 52.9 Å². The average molecular weight is 306 g/mol. The highest BCUT2D eigenvalue weighted by Gasteiger charge is 2.73. The van der Waals surface area contributed by atoms with Gasteiger partial charge in [-0.25, -0.2) is 0 Å². The Balaban J connectivity index is 1.89. The van der Waals surface area contributed by atoms with Crippen molar-refractivity contribution in [2.24, 2.45) is 22.2 Å². The zero-order chi connectivity index (χ0) is 16.3. The minimum Gasteiger partial charge on any atom is -0.550 e. The number of carbonyl (C=O) groups is 3. The van der Waals surface area contributed by atoms with Crippen molar-refractivity contribution in [1.82, 2.24) is 4.90 Å². The van der Waals surface area contributed by atoms with Crippen LogP contribution in [0.5, 0.6) is 0 Å². The molecule has 2 saturated carbocycles. The van der Waals surface area contributed by atoms with Crippen molar-refractivity contribution in [3.8, 4) is 0 Å². The van der Waals surface area contributed by atoms with E-state index in [0.29, 0.717) is 25.8 Å². The molecule has 1 aliphatic heterocycles. The number of carboxylic acid groups (broad SMARTS) is 1. The molecule has 0 radical (unpaired) electrons. The van der Waals surface area contributed by atoms with E-state index in [1.807, 2.05) is 20.8 Å². The van der Waals surface area contributed by atoms with Crippen LogP contribution in [0.4, 0.5) is 0 Å². The standard InChI is InChI=1S/C17H25NO4/c1-15(2)16(3)6-7-17(15,9-12(16)19)14(22)18-8-4-5-11(10-18)13(20)21/h11H,4-10H2,1-3H3,(H,20,21)/p-1/t11-,16-,17+/m0/s1. The SMILES string of the molecule is CC1(C)[C@]2(C(=O)N3CCC[C@H](C(=O)[O-])C3)CC[C@@]1(C)C(=O)C2. The topological polar surface area (TPSA) is 77.5 Å². The van der Waals surface area contributed by atoms with E-state index in [1.54, 1.807) is 4.90 Å². The molecule has 0 spiro atoms. The summed E-state index contributed by atoms with van der Waals surface area (Å²) in [6.07, 6.45) is 3.04. The second-order valence-corrected chi connectivity index (χ2v) is 8.05. The molecule has 0 unspecified atom stereocenters. The van der Waals surface area contributed by atoms with Gasteiger partial charge in [-0.05, 0) is 31.1 Å². The third-order valence-corrected chi connectivity index (χ3v) is 7.16. The van der Waals surface area contributed by atoms with Crippen LogP contribution in [0.25, 0.3) is 0 Å². The number of piperidine rings is 1. The number of carboxylic acids is 1. The fourth-order valence-corrected chi connectivity index (χ4v) is 4.99. The van der Waals surface area contributed by atoms with E-state index < -0.39 is 22.7 Å². The zero-order valence-electron chi connectivity index (χ0n) is 13.6. The summed E-state index contributed by atoms with van der Waals surface area (Å²) < 4.78 is 0. The highest BCUT2D eigenvalue weighted by Crippen LogP contribution is 2.71. The molecule has 1 saturated heterocycles. The fourth-order valence-electron chi connectivity index (χ4n) is 4.99. The van der Waals surface area contributed by atoms with Crippen molar-refractivity contribution < 1.29 is 19.5 Å². The Labute approximate surface area is 131 Å². The number of Topliss-reactive ketones (excluding diaryl/α,β-unsaturated/α-hetero) is 1. The van der Waals surface area contributed by atoms with E-state index in [4.69, 9.17) is 0 Å². The van der Waals surface area contributed by atoms with Crippen LogP contribution < -0.4 is 5.11 Å². The van der Waals surface area contributed by atoms with Crippen LogP contribution in [0.2, 0.25) is 0 Å². The van der Waals surface area contributed by atoms with Gasteiger partial charge in [-0.2, -0.15) is 0 Å². The second kappa shape index (κ2) is 4.56. The highest BCUT2D eigenvalue weighted by molar-refractivity contribution is 5.99. The zero-order valence-corrected chi connectivity index (χ0v) is 13.6. The van der Waals surface area contributed by atoms with Gasteiger partial charge >= 0.3 is 0 Å². The van der Waals surface area contributed by atoms with Crippen LogP contribution in [-0.4, -0.2) is 35.6 Å². The summed E-state index contributed by atoms with van der Waals surface area (Å²) in [7, 11) is 0. The number of likely N-dealkylation sites (tertiary alicyclic amines) is 1. The largest absolute Gasteiger partial charge is 0.550 e. The van der Waals surface area contributed by atoms with Crippen LogP contribution in [-0.2, 0) is 14.4 Å². The summed E-state index contributed by atoms with van der Waals surface area (Å²) in [6, 6.07) is 0. The molecule has 0 aromatic carbocycles. The molecule has 3 fully saturated rings. The molecular weight excluding hydrogens is 282 g/mol. The third kappa shape index (κ3) is 1.68. The molecule has 22 heavy (non-hydrogen) atoms. The molecule has 0 aromatic heterocycles. The number of carbonyl (C=O) groups excluding carboxylic acids is 3. The molecule has 2 bridgehead atoms. The summed E-state index contributed by atoms with van der Waals surface area (Å²) in [4.78, 5) is 38.5. The van der Waals surface area contributed by atoms with Gasteiger partial charge in [-0.15, -0.1) is 0 Å². The summed E-state index contributed by atoms with van der Waals surface area (Å²) in [5, 5.41) is 11.1. The molecule has 3 atom stereocenters. The molecule has 0 N–H and O–H groups in total. The first-order valence-corrected chi connectivity index (χ1v) is 8.19. The van der Waals surface area contributed by atoms with Crippen molar-refractivity contribution in [3.05, 3.63) is 0 Å². The van der Waals surface area contributed by atoms with Gasteiger partial charge in [0, 0.05) is 36.8 Å². The van der Waals surface area contributed by atoms with Crippen molar-refractivity contribution in [2.75, 3.05) is 13.1 Å². The van der Waals surface area contributed by atoms with Gasteiger partial charge in [0.2, 0.25) is 5.91 Å². The van der Waals surface area contributed by atoms with E-state index in [0.717, 1.165) is 12.8 Å². The van der Waals surface area contributed by atoms with Gasteiger partial charge in [0.15, 0.2) is 0 Å². The van der Waals surface area contributed by atoms with Gasteiger partial charge in [0.1, 0.15) is 5.78 Å². The molecule has 0 aromatic rings. The second-order valence-electron chi connectivity index (χ2n) is 8.05. The fraction of sp³-hybridized carbons (Fsp3) is 0.824. The lowest BCUT2D eigenvalue weighted by molar-refractivity contribution is -0.312. The Morgan fingerprint density at radius 3 is 2.41 bits per heavy atom. The van der Waals surface area contributed by atoms with Crippen molar-refractivity contribution in [2.45, 2.75) is 52.9 Å². The van der Waals surface area contributed by atoms with Crippen molar-refractivity contribution in [1.29, 1.82) is 0 Å². The summed E-state index contributed by atoms with van der Waals surface area (Å²) >= 11 is 0. The number of hydrogen-bond acceptors (Lipinski definition) is 4. The quantitative estimate of drug-likeness (QED) is 0.754. The molecular formula is C17H24NO4-. The first-order chi connectivity index (χ1) is 10.2. The number of ketones is 1. The smallest absolute Gasteiger partial charge is 0.229 e. The lowest BCUT2D eigenvalue weighted by atomic mass is 9.64. The van der Waals surface area contributed by atoms with Crippen LogP contribution in [0.15, 0.2) is 0 Å².